The van der Waals surface area contributed by atoms with Crippen molar-refractivity contribution in [2.75, 3.05) is 6.61 Å². The molecule has 0 saturated heterocycles. The Kier molecular flexibility index (Phi) is 7.37. The van der Waals surface area contributed by atoms with E-state index in [1.54, 1.807) is 12.1 Å². The second kappa shape index (κ2) is 9.97. The van der Waals surface area contributed by atoms with Crippen LogP contribution in [0.2, 0.25) is 0 Å². The molecule has 0 unspecified atom stereocenters. The van der Waals surface area contributed by atoms with Crippen LogP contribution in [0.15, 0.2) is 36.4 Å². The van der Waals surface area contributed by atoms with Crippen molar-refractivity contribution < 1.29 is 23.4 Å². The molecule has 0 bridgehead atoms. The Balaban J connectivity index is 1.77. The van der Waals surface area contributed by atoms with Crippen LogP contribution in [0, 0.1) is 11.6 Å². The molecule has 0 radical (unpaired) electrons. The van der Waals surface area contributed by atoms with Crippen molar-refractivity contribution in [1.82, 2.24) is 0 Å². The topological polar surface area (TPSA) is 46.5 Å². The first-order valence-corrected chi connectivity index (χ1v) is 10.4. The fourth-order valence-corrected chi connectivity index (χ4v) is 4.13. The van der Waals surface area contributed by atoms with Gasteiger partial charge in [0.2, 0.25) is 0 Å². The summed E-state index contributed by atoms with van der Waals surface area (Å²) in [6.45, 7) is 2.94. The first kappa shape index (κ1) is 21.4. The predicted molar refractivity (Wildman–Crippen MR) is 109 cm³/mol. The lowest BCUT2D eigenvalue weighted by Gasteiger charge is -2.30. The maximum Gasteiger partial charge on any atom is 0.335 e. The van der Waals surface area contributed by atoms with Gasteiger partial charge in [0.15, 0.2) is 0 Å². The van der Waals surface area contributed by atoms with Crippen LogP contribution >= 0.6 is 0 Å². The molecule has 1 aliphatic rings. The Hall–Kier alpha value is -2.27. The molecular weight excluding hydrogens is 374 g/mol. The van der Waals surface area contributed by atoms with E-state index in [-0.39, 0.29) is 23.1 Å². The molecule has 29 heavy (non-hydrogen) atoms. The van der Waals surface area contributed by atoms with E-state index in [2.05, 4.69) is 6.92 Å². The lowest BCUT2D eigenvalue weighted by Crippen LogP contribution is -2.22. The van der Waals surface area contributed by atoms with E-state index >= 15 is 0 Å². The van der Waals surface area contributed by atoms with Crippen molar-refractivity contribution in [3.05, 3.63) is 59.2 Å². The summed E-state index contributed by atoms with van der Waals surface area (Å²) < 4.78 is 33.4. The Morgan fingerprint density at radius 3 is 2.48 bits per heavy atom. The zero-order chi connectivity index (χ0) is 20.8. The number of benzene rings is 2. The molecule has 0 heterocycles. The summed E-state index contributed by atoms with van der Waals surface area (Å²) in [5.74, 6) is -2.17. The minimum atomic E-state index is -0.982. The maximum atomic E-state index is 14.2. The minimum absolute atomic E-state index is 0.0973. The van der Waals surface area contributed by atoms with Crippen molar-refractivity contribution in [2.45, 2.75) is 63.9 Å². The van der Waals surface area contributed by atoms with E-state index in [0.29, 0.717) is 5.56 Å². The van der Waals surface area contributed by atoms with Gasteiger partial charge < -0.3 is 9.84 Å². The number of ether oxygens (including phenoxy) is 1. The van der Waals surface area contributed by atoms with Gasteiger partial charge in [-0.3, -0.25) is 0 Å². The van der Waals surface area contributed by atoms with E-state index in [9.17, 15) is 18.7 Å². The Labute approximate surface area is 170 Å². The molecule has 0 aliphatic heterocycles. The van der Waals surface area contributed by atoms with Crippen LogP contribution in [0.3, 0.4) is 0 Å². The van der Waals surface area contributed by atoms with Gasteiger partial charge in [-0.25, -0.2) is 13.6 Å². The number of unbranched alkanes of at least 4 members (excludes halogenated alkanes) is 2. The molecular formula is C24H28F2O3. The molecule has 1 N–H and O–H groups in total. The van der Waals surface area contributed by atoms with Gasteiger partial charge in [0.05, 0.1) is 11.7 Å². The quantitative estimate of drug-likeness (QED) is 0.509. The van der Waals surface area contributed by atoms with Crippen LogP contribution in [-0.4, -0.2) is 23.8 Å². The lowest BCUT2D eigenvalue weighted by molar-refractivity contribution is 0.0227. The molecule has 3 rings (SSSR count). The van der Waals surface area contributed by atoms with E-state index in [4.69, 9.17) is 4.74 Å². The third kappa shape index (κ3) is 5.41. The van der Waals surface area contributed by atoms with Gasteiger partial charge in [-0.1, -0.05) is 25.8 Å². The molecule has 1 fully saturated rings. The number of aromatic carboxylic acids is 1. The van der Waals surface area contributed by atoms with Gasteiger partial charge in [0, 0.05) is 18.2 Å². The second-order valence-corrected chi connectivity index (χ2v) is 7.78. The molecule has 3 nitrogen and oxygen atoms in total. The van der Waals surface area contributed by atoms with Gasteiger partial charge in [-0.05, 0) is 73.4 Å². The average Bonchev–Trinajstić information content (AvgIpc) is 2.71. The van der Waals surface area contributed by atoms with Crippen molar-refractivity contribution in [3.8, 4) is 11.1 Å². The van der Waals surface area contributed by atoms with Gasteiger partial charge in [0.1, 0.15) is 11.6 Å². The van der Waals surface area contributed by atoms with Gasteiger partial charge in [-0.15, -0.1) is 0 Å². The predicted octanol–water partition coefficient (Wildman–Crippen LogP) is 6.56. The van der Waals surface area contributed by atoms with E-state index < -0.39 is 17.6 Å². The molecule has 1 aliphatic carbocycles. The Morgan fingerprint density at radius 2 is 1.83 bits per heavy atom. The highest BCUT2D eigenvalue weighted by molar-refractivity contribution is 5.90. The molecule has 2 aromatic carbocycles. The van der Waals surface area contributed by atoms with Crippen molar-refractivity contribution in [3.63, 3.8) is 0 Å². The molecule has 0 aromatic heterocycles. The van der Waals surface area contributed by atoms with Crippen molar-refractivity contribution >= 4 is 5.97 Å². The molecule has 5 heteroatoms. The fourth-order valence-electron chi connectivity index (χ4n) is 4.13. The number of rotatable bonds is 8. The van der Waals surface area contributed by atoms with E-state index in [0.717, 1.165) is 50.3 Å². The van der Waals surface area contributed by atoms with Gasteiger partial charge in [-0.2, -0.15) is 0 Å². The molecule has 0 spiro atoms. The van der Waals surface area contributed by atoms with Crippen LogP contribution in [0.25, 0.3) is 11.1 Å². The Bertz CT molecular complexity index is 842. The summed E-state index contributed by atoms with van der Waals surface area (Å²) in [6.07, 6.45) is 7.11. The normalized spacial score (nSPS) is 19.3. The number of hydrogen-bond acceptors (Lipinski definition) is 2. The van der Waals surface area contributed by atoms with Crippen molar-refractivity contribution in [1.29, 1.82) is 0 Å². The minimum Gasteiger partial charge on any atom is -0.478 e. The molecule has 1 saturated carbocycles. The highest BCUT2D eigenvalue weighted by Gasteiger charge is 2.26. The van der Waals surface area contributed by atoms with E-state index in [1.807, 2.05) is 0 Å². The summed E-state index contributed by atoms with van der Waals surface area (Å²) in [5, 5.41) is 9.62. The summed E-state index contributed by atoms with van der Waals surface area (Å²) >= 11 is 0. The van der Waals surface area contributed by atoms with Crippen LogP contribution in [0.4, 0.5) is 8.78 Å². The molecule has 0 amide bonds. The monoisotopic (exact) mass is 402 g/mol. The number of halogens is 2. The first-order valence-electron chi connectivity index (χ1n) is 10.4. The van der Waals surface area contributed by atoms with Crippen LogP contribution in [-0.2, 0) is 4.74 Å². The molecule has 156 valence electrons. The summed E-state index contributed by atoms with van der Waals surface area (Å²) in [6, 6.07) is 8.33. The highest BCUT2D eigenvalue weighted by Crippen LogP contribution is 2.38. The SMILES string of the molecule is CCCCCO[C@H]1CC[C@H](c2cc(-c3ccc(F)cc3F)ccc2C(=O)O)CC1. The second-order valence-electron chi connectivity index (χ2n) is 7.78. The zero-order valence-electron chi connectivity index (χ0n) is 16.8. The number of carboxylic acids is 1. The fraction of sp³-hybridized carbons (Fsp3) is 0.458. The number of hydrogen-bond donors (Lipinski definition) is 1. The molecule has 2 aromatic rings. The zero-order valence-corrected chi connectivity index (χ0v) is 16.8. The average molecular weight is 402 g/mol. The number of carbonyl (C=O) groups is 1. The van der Waals surface area contributed by atoms with Crippen LogP contribution < -0.4 is 0 Å². The number of carboxylic acid groups (broad SMARTS) is 1. The Morgan fingerprint density at radius 1 is 1.07 bits per heavy atom. The largest absolute Gasteiger partial charge is 0.478 e. The van der Waals surface area contributed by atoms with Crippen LogP contribution in [0.1, 0.15) is 73.7 Å². The first-order chi connectivity index (χ1) is 14.0. The smallest absolute Gasteiger partial charge is 0.335 e. The maximum absolute atomic E-state index is 14.2. The van der Waals surface area contributed by atoms with Gasteiger partial charge in [0.25, 0.3) is 0 Å². The van der Waals surface area contributed by atoms with Gasteiger partial charge >= 0.3 is 5.97 Å². The summed E-state index contributed by atoms with van der Waals surface area (Å²) in [5.41, 5.74) is 1.82. The molecule has 0 atom stereocenters. The third-order valence-corrected chi connectivity index (χ3v) is 5.74. The summed E-state index contributed by atoms with van der Waals surface area (Å²) in [4.78, 5) is 11.7. The lowest BCUT2D eigenvalue weighted by atomic mass is 9.80. The van der Waals surface area contributed by atoms with E-state index in [1.165, 1.54) is 31.0 Å². The van der Waals surface area contributed by atoms with Crippen LogP contribution in [0.5, 0.6) is 0 Å². The van der Waals surface area contributed by atoms with Crippen molar-refractivity contribution in [2.24, 2.45) is 0 Å². The standard InChI is InChI=1S/C24H28F2O3/c1-2-3-4-13-29-19-9-5-16(6-10-19)22-14-17(7-11-21(22)24(27)28)20-12-8-18(25)15-23(20)26/h7-8,11-12,14-16,19H,2-6,9-10,13H2,1H3,(H,27,28)/t16-,19-. The third-order valence-electron chi connectivity index (χ3n) is 5.74. The highest BCUT2D eigenvalue weighted by atomic mass is 19.1. The summed E-state index contributed by atoms with van der Waals surface area (Å²) in [7, 11) is 0.